The number of hydrogen-bond donors (Lipinski definition) is 2. The van der Waals surface area contributed by atoms with Crippen LogP contribution in [0.15, 0.2) is 54.6 Å². The second kappa shape index (κ2) is 7.86. The van der Waals surface area contributed by atoms with Crippen molar-refractivity contribution in [3.05, 3.63) is 65.9 Å². The molecule has 1 aromatic heterocycles. The SMILES string of the molecule is COc1cccc(-c2c(N)nc(N)nc2CN2CCCC2c2ccccc2)c1. The molecule has 0 radical (unpaired) electrons. The molecule has 1 aliphatic heterocycles. The van der Waals surface area contributed by atoms with Gasteiger partial charge in [-0.25, -0.2) is 4.98 Å². The molecular weight excluding hydrogens is 350 g/mol. The van der Waals surface area contributed by atoms with E-state index in [4.69, 9.17) is 16.2 Å². The van der Waals surface area contributed by atoms with Gasteiger partial charge >= 0.3 is 0 Å². The highest BCUT2D eigenvalue weighted by molar-refractivity contribution is 5.77. The van der Waals surface area contributed by atoms with Crippen molar-refractivity contribution in [3.8, 4) is 16.9 Å². The highest BCUT2D eigenvalue weighted by Gasteiger charge is 2.27. The van der Waals surface area contributed by atoms with Crippen LogP contribution in [0, 0.1) is 0 Å². The minimum atomic E-state index is 0.203. The second-order valence-electron chi connectivity index (χ2n) is 7.06. The van der Waals surface area contributed by atoms with Gasteiger partial charge in [-0.05, 0) is 42.6 Å². The molecule has 0 saturated carbocycles. The third-order valence-corrected chi connectivity index (χ3v) is 5.29. The number of anilines is 2. The second-order valence-corrected chi connectivity index (χ2v) is 7.06. The average Bonchev–Trinajstić information content (AvgIpc) is 3.16. The third-order valence-electron chi connectivity index (χ3n) is 5.29. The predicted octanol–water partition coefficient (Wildman–Crippen LogP) is 3.65. The summed E-state index contributed by atoms with van der Waals surface area (Å²) in [6.45, 7) is 1.68. The third kappa shape index (κ3) is 3.64. The Labute approximate surface area is 165 Å². The van der Waals surface area contributed by atoms with Crippen LogP contribution < -0.4 is 16.2 Å². The summed E-state index contributed by atoms with van der Waals surface area (Å²) in [7, 11) is 1.65. The van der Waals surface area contributed by atoms with E-state index in [2.05, 4.69) is 45.2 Å². The maximum absolute atomic E-state index is 6.28. The summed E-state index contributed by atoms with van der Waals surface area (Å²) in [6.07, 6.45) is 2.29. The molecule has 4 rings (SSSR count). The predicted molar refractivity (Wildman–Crippen MR) is 112 cm³/mol. The van der Waals surface area contributed by atoms with Crippen LogP contribution in [0.4, 0.5) is 11.8 Å². The quantitative estimate of drug-likeness (QED) is 0.707. The summed E-state index contributed by atoms with van der Waals surface area (Å²) in [6, 6.07) is 18.8. The molecule has 0 aliphatic carbocycles. The number of hydrogen-bond acceptors (Lipinski definition) is 6. The lowest BCUT2D eigenvalue weighted by atomic mass is 10.0. The number of nitrogens with zero attached hydrogens (tertiary/aromatic N) is 3. The van der Waals surface area contributed by atoms with Gasteiger partial charge in [0, 0.05) is 18.2 Å². The number of likely N-dealkylation sites (tertiary alicyclic amines) is 1. The van der Waals surface area contributed by atoms with Crippen molar-refractivity contribution in [3.63, 3.8) is 0 Å². The number of benzene rings is 2. The number of nitrogens with two attached hydrogens (primary N) is 2. The van der Waals surface area contributed by atoms with Crippen LogP contribution >= 0.6 is 0 Å². The number of ether oxygens (including phenoxy) is 1. The maximum atomic E-state index is 6.28. The Kier molecular flexibility index (Phi) is 5.12. The lowest BCUT2D eigenvalue weighted by Crippen LogP contribution is -2.24. The van der Waals surface area contributed by atoms with Gasteiger partial charge < -0.3 is 16.2 Å². The minimum absolute atomic E-state index is 0.203. The summed E-state index contributed by atoms with van der Waals surface area (Å²) in [5.74, 6) is 1.36. The molecule has 1 aliphatic rings. The number of methoxy groups -OCH3 is 1. The van der Waals surface area contributed by atoms with E-state index in [1.807, 2.05) is 24.3 Å². The van der Waals surface area contributed by atoms with Gasteiger partial charge in [-0.3, -0.25) is 4.90 Å². The van der Waals surface area contributed by atoms with E-state index in [1.54, 1.807) is 7.11 Å². The van der Waals surface area contributed by atoms with Gasteiger partial charge in [0.25, 0.3) is 0 Å². The van der Waals surface area contributed by atoms with Crippen molar-refractivity contribution in [1.29, 1.82) is 0 Å². The molecule has 6 heteroatoms. The number of rotatable bonds is 5. The number of aromatic nitrogens is 2. The van der Waals surface area contributed by atoms with E-state index in [0.29, 0.717) is 18.4 Å². The Bertz CT molecular complexity index is 960. The van der Waals surface area contributed by atoms with Crippen molar-refractivity contribution >= 4 is 11.8 Å². The Morgan fingerprint density at radius 1 is 1.07 bits per heavy atom. The van der Waals surface area contributed by atoms with Crippen LogP contribution in [0.1, 0.15) is 30.1 Å². The zero-order valence-corrected chi connectivity index (χ0v) is 16.0. The van der Waals surface area contributed by atoms with E-state index in [9.17, 15) is 0 Å². The van der Waals surface area contributed by atoms with Crippen LogP contribution in [-0.4, -0.2) is 28.5 Å². The molecule has 6 nitrogen and oxygen atoms in total. The summed E-state index contributed by atoms with van der Waals surface area (Å²) in [5, 5.41) is 0. The fourth-order valence-corrected chi connectivity index (χ4v) is 4.01. The van der Waals surface area contributed by atoms with Crippen LogP contribution in [0.25, 0.3) is 11.1 Å². The van der Waals surface area contributed by atoms with Crippen molar-refractivity contribution in [2.75, 3.05) is 25.1 Å². The summed E-state index contributed by atoms with van der Waals surface area (Å²) in [5.41, 5.74) is 16.2. The molecule has 2 heterocycles. The van der Waals surface area contributed by atoms with Gasteiger partial charge in [-0.1, -0.05) is 42.5 Å². The lowest BCUT2D eigenvalue weighted by molar-refractivity contribution is 0.246. The van der Waals surface area contributed by atoms with Crippen LogP contribution in [-0.2, 0) is 6.54 Å². The van der Waals surface area contributed by atoms with Gasteiger partial charge in [0.05, 0.1) is 12.8 Å². The number of nitrogen functional groups attached to an aromatic ring is 2. The van der Waals surface area contributed by atoms with Crippen molar-refractivity contribution in [2.24, 2.45) is 0 Å². The van der Waals surface area contributed by atoms with Gasteiger partial charge in [-0.15, -0.1) is 0 Å². The van der Waals surface area contributed by atoms with Crippen LogP contribution in [0.5, 0.6) is 5.75 Å². The Morgan fingerprint density at radius 2 is 1.89 bits per heavy atom. The first-order valence-corrected chi connectivity index (χ1v) is 9.51. The van der Waals surface area contributed by atoms with Crippen molar-refractivity contribution in [2.45, 2.75) is 25.4 Å². The molecule has 1 atom stereocenters. The maximum Gasteiger partial charge on any atom is 0.222 e. The van der Waals surface area contributed by atoms with E-state index in [0.717, 1.165) is 42.0 Å². The van der Waals surface area contributed by atoms with Gasteiger partial charge in [0.1, 0.15) is 11.6 Å². The van der Waals surface area contributed by atoms with E-state index in [1.165, 1.54) is 5.56 Å². The first kappa shape index (κ1) is 18.3. The molecule has 2 aromatic carbocycles. The molecule has 1 unspecified atom stereocenters. The normalized spacial score (nSPS) is 17.0. The monoisotopic (exact) mass is 375 g/mol. The van der Waals surface area contributed by atoms with E-state index < -0.39 is 0 Å². The summed E-state index contributed by atoms with van der Waals surface area (Å²) >= 11 is 0. The standard InChI is InChI=1S/C22H25N5O/c1-28-17-10-5-9-16(13-17)20-18(25-22(24)26-21(20)23)14-27-12-6-11-19(27)15-7-3-2-4-8-15/h2-5,7-10,13,19H,6,11-12,14H2,1H3,(H4,23,24,25,26). The minimum Gasteiger partial charge on any atom is -0.497 e. The van der Waals surface area contributed by atoms with Gasteiger partial charge in [-0.2, -0.15) is 4.98 Å². The molecule has 3 aromatic rings. The molecule has 28 heavy (non-hydrogen) atoms. The molecule has 1 saturated heterocycles. The zero-order valence-electron chi connectivity index (χ0n) is 16.0. The molecule has 4 N–H and O–H groups in total. The topological polar surface area (TPSA) is 90.3 Å². The van der Waals surface area contributed by atoms with Crippen LogP contribution in [0.2, 0.25) is 0 Å². The molecule has 0 amide bonds. The van der Waals surface area contributed by atoms with Crippen molar-refractivity contribution in [1.82, 2.24) is 14.9 Å². The highest BCUT2D eigenvalue weighted by atomic mass is 16.5. The molecule has 144 valence electrons. The highest BCUT2D eigenvalue weighted by Crippen LogP contribution is 2.36. The van der Waals surface area contributed by atoms with Crippen molar-refractivity contribution < 1.29 is 4.74 Å². The Hall–Kier alpha value is -3.12. The first-order chi connectivity index (χ1) is 13.7. The molecule has 0 spiro atoms. The smallest absolute Gasteiger partial charge is 0.222 e. The zero-order chi connectivity index (χ0) is 19.5. The first-order valence-electron chi connectivity index (χ1n) is 9.51. The molecule has 1 fully saturated rings. The van der Waals surface area contributed by atoms with E-state index >= 15 is 0 Å². The van der Waals surface area contributed by atoms with Gasteiger partial charge in [0.15, 0.2) is 0 Å². The summed E-state index contributed by atoms with van der Waals surface area (Å²) in [4.78, 5) is 11.2. The molecular formula is C22H25N5O. The fourth-order valence-electron chi connectivity index (χ4n) is 4.01. The Morgan fingerprint density at radius 3 is 2.68 bits per heavy atom. The fraction of sp³-hybridized carbons (Fsp3) is 0.273. The van der Waals surface area contributed by atoms with E-state index in [-0.39, 0.29) is 5.95 Å². The molecule has 0 bridgehead atoms. The average molecular weight is 375 g/mol. The van der Waals surface area contributed by atoms with Gasteiger partial charge in [0.2, 0.25) is 5.95 Å². The summed E-state index contributed by atoms with van der Waals surface area (Å²) < 4.78 is 5.37. The van der Waals surface area contributed by atoms with Crippen LogP contribution in [0.3, 0.4) is 0 Å². The largest absolute Gasteiger partial charge is 0.497 e. The lowest BCUT2D eigenvalue weighted by Gasteiger charge is -2.26. The Balaban J connectivity index is 1.71.